The zero-order valence-electron chi connectivity index (χ0n) is 4.86. The molecule has 2 heteroatoms. The first-order valence-corrected chi connectivity index (χ1v) is 2.55. The van der Waals surface area contributed by atoms with Crippen LogP contribution in [0.3, 0.4) is 0 Å². The fourth-order valence-corrected chi connectivity index (χ4v) is 0. The third-order valence-corrected chi connectivity index (χ3v) is 0. The molecule has 6 heavy (non-hydrogen) atoms. The Morgan fingerprint density at radius 3 is 1.50 bits per heavy atom. The minimum atomic E-state index is 0. The predicted octanol–water partition coefficient (Wildman–Crippen LogP) is -1.22. The van der Waals surface area contributed by atoms with Crippen LogP contribution in [0.1, 0.15) is 13.3 Å². The van der Waals surface area contributed by atoms with Gasteiger partial charge in [-0.15, -0.1) is 0 Å². The van der Waals surface area contributed by atoms with Crippen LogP contribution >= 0.6 is 12.6 Å². The minimum Gasteiger partial charge on any atom is -0.344 e. The molecule has 0 spiro atoms. The molecule has 0 saturated carbocycles. The van der Waals surface area contributed by atoms with Crippen molar-refractivity contribution in [2.45, 2.75) is 13.3 Å². The van der Waals surface area contributed by atoms with Gasteiger partial charge in [-0.2, -0.15) is 19.0 Å². The second kappa shape index (κ2) is 38.4. The summed E-state index contributed by atoms with van der Waals surface area (Å²) < 4.78 is 0. The second-order valence-corrected chi connectivity index (χ2v) is 0.500. The van der Waals surface area contributed by atoms with E-state index in [2.05, 4.69) is 19.6 Å². The Bertz CT molecular complexity index is 7.51. The van der Waals surface area contributed by atoms with E-state index in [0.29, 0.717) is 0 Å². The van der Waals surface area contributed by atoms with Gasteiger partial charge in [0, 0.05) is 0 Å². The topological polar surface area (TPSA) is 0 Å². The Kier molecular flexibility index (Phi) is 101. The Hall–Kier alpha value is 0.947. The zero-order valence-corrected chi connectivity index (χ0v) is 5.76. The summed E-state index contributed by atoms with van der Waals surface area (Å²) in [7, 11) is 0. The van der Waals surface area contributed by atoms with E-state index in [1.807, 2.05) is 6.92 Å². The first-order chi connectivity index (χ1) is 2.41. The van der Waals surface area contributed by atoms with Crippen molar-refractivity contribution in [2.24, 2.45) is 0 Å². The van der Waals surface area contributed by atoms with Crippen molar-refractivity contribution in [3.05, 3.63) is 6.92 Å². The number of thiol groups is 1. The fraction of sp³-hybridized carbons (Fsp3) is 0.750. The first-order valence-electron chi connectivity index (χ1n) is 1.65. The molecule has 0 N–H and O–H groups in total. The maximum atomic E-state index is 3.53. The van der Waals surface area contributed by atoms with Crippen molar-refractivity contribution >= 4 is 12.6 Å². The Labute approximate surface area is 58.3 Å². The van der Waals surface area contributed by atoms with E-state index in [9.17, 15) is 0 Å². The summed E-state index contributed by atoms with van der Waals surface area (Å²) >= 11 is 3.53. The molecule has 0 radical (unpaired) electrons. The van der Waals surface area contributed by atoms with Gasteiger partial charge >= 0.3 is 18.9 Å². The number of rotatable bonds is 0. The van der Waals surface area contributed by atoms with E-state index in [1.165, 1.54) is 0 Å². The van der Waals surface area contributed by atoms with Crippen LogP contribution in [-0.4, -0.2) is 6.26 Å². The van der Waals surface area contributed by atoms with Gasteiger partial charge in [-0.05, 0) is 6.26 Å². The molecule has 0 aromatic carbocycles. The molecule has 0 aromatic heterocycles. The molecule has 0 nitrogen and oxygen atoms in total. The van der Waals surface area contributed by atoms with Gasteiger partial charge in [-0.1, -0.05) is 6.92 Å². The summed E-state index contributed by atoms with van der Waals surface area (Å²) in [6.07, 6.45) is 2.69. The molecule has 0 aliphatic heterocycles. The van der Waals surface area contributed by atoms with Crippen molar-refractivity contribution in [1.82, 2.24) is 0 Å². The predicted molar refractivity (Wildman–Crippen MR) is 30.6 cm³/mol. The molecule has 0 aromatic rings. The summed E-state index contributed by atoms with van der Waals surface area (Å²) in [6.45, 7) is 5.50. The average molecular weight is 98.1 g/mol. The molecular weight excluding hydrogens is 87.1 g/mol. The van der Waals surface area contributed by atoms with E-state index in [4.69, 9.17) is 0 Å². The fourth-order valence-electron chi connectivity index (χ4n) is 0. The summed E-state index contributed by atoms with van der Waals surface area (Å²) in [5.74, 6) is 0. The Morgan fingerprint density at radius 2 is 1.50 bits per heavy atom. The van der Waals surface area contributed by atoms with E-state index < -0.39 is 0 Å². The summed E-state index contributed by atoms with van der Waals surface area (Å²) in [4.78, 5) is 0. The molecule has 34 valence electrons. The summed E-state index contributed by atoms with van der Waals surface area (Å²) in [5.41, 5.74) is 0. The van der Waals surface area contributed by atoms with Crippen LogP contribution < -0.4 is 18.9 Å². The molecule has 0 amide bonds. The second-order valence-electron chi connectivity index (χ2n) is 0.500. The van der Waals surface area contributed by atoms with Crippen molar-refractivity contribution in [1.29, 1.82) is 0 Å². The van der Waals surface area contributed by atoms with E-state index >= 15 is 0 Å². The van der Waals surface area contributed by atoms with Gasteiger partial charge in [0.25, 0.3) is 0 Å². The third-order valence-electron chi connectivity index (χ3n) is 0. The van der Waals surface area contributed by atoms with Crippen LogP contribution in [0.5, 0.6) is 0 Å². The van der Waals surface area contributed by atoms with Crippen LogP contribution in [0.25, 0.3) is 0 Å². The van der Waals surface area contributed by atoms with Crippen molar-refractivity contribution in [3.63, 3.8) is 0 Å². The Balaban J connectivity index is -0.0000000275. The quantitative estimate of drug-likeness (QED) is 0.219. The van der Waals surface area contributed by atoms with E-state index in [0.717, 1.165) is 6.42 Å². The minimum absolute atomic E-state index is 0. The molecule has 0 saturated heterocycles. The number of hydrogen-bond acceptors (Lipinski definition) is 1. The van der Waals surface area contributed by atoms with Crippen molar-refractivity contribution in [2.75, 3.05) is 6.26 Å². The van der Waals surface area contributed by atoms with Gasteiger partial charge in [-0.25, -0.2) is 0 Å². The van der Waals surface area contributed by atoms with Crippen LogP contribution in [0, 0.1) is 6.92 Å². The molecular formula is C4H11LiS. The van der Waals surface area contributed by atoms with Gasteiger partial charge < -0.3 is 6.92 Å². The van der Waals surface area contributed by atoms with Crippen LogP contribution in [0.2, 0.25) is 0 Å². The maximum Gasteiger partial charge on any atom is 1.00 e. The summed E-state index contributed by atoms with van der Waals surface area (Å²) in [5, 5.41) is 0. The van der Waals surface area contributed by atoms with Gasteiger partial charge in [0.05, 0.1) is 0 Å². The average Bonchev–Trinajstić information content (AvgIpc) is 1.46. The van der Waals surface area contributed by atoms with Crippen LogP contribution in [0.15, 0.2) is 0 Å². The first kappa shape index (κ1) is 15.8. The molecule has 0 bridgehead atoms. The number of hydrogen-bond donors (Lipinski definition) is 1. The third kappa shape index (κ3) is 85.9. The van der Waals surface area contributed by atoms with E-state index in [-0.39, 0.29) is 18.9 Å². The van der Waals surface area contributed by atoms with Gasteiger partial charge in [0.1, 0.15) is 0 Å². The molecule has 0 heterocycles. The SMILES string of the molecule is CS.[CH2-]CC.[Li+]. The molecule has 0 aliphatic rings. The largest absolute Gasteiger partial charge is 1.00 e. The smallest absolute Gasteiger partial charge is 0.344 e. The monoisotopic (exact) mass is 98.1 g/mol. The van der Waals surface area contributed by atoms with Crippen molar-refractivity contribution in [3.8, 4) is 0 Å². The van der Waals surface area contributed by atoms with Gasteiger partial charge in [-0.3, -0.25) is 0 Å². The van der Waals surface area contributed by atoms with E-state index in [1.54, 1.807) is 6.26 Å². The normalized spacial score (nSPS) is 4.00. The zero-order chi connectivity index (χ0) is 4.71. The summed E-state index contributed by atoms with van der Waals surface area (Å²) in [6, 6.07) is 0. The van der Waals surface area contributed by atoms with Crippen LogP contribution in [-0.2, 0) is 0 Å². The molecule has 0 aliphatic carbocycles. The molecule has 0 unspecified atom stereocenters. The standard InChI is InChI=1S/C3H7.CH4S.Li/c1-3-2;1-2;/h1,3H2,2H3;2H,1H3;/q-1;;+1. The molecule has 0 rings (SSSR count). The maximum absolute atomic E-state index is 3.53. The van der Waals surface area contributed by atoms with Crippen LogP contribution in [0.4, 0.5) is 0 Å². The van der Waals surface area contributed by atoms with Gasteiger partial charge in [0.15, 0.2) is 0 Å². The molecule has 0 atom stereocenters. The Morgan fingerprint density at radius 1 is 1.50 bits per heavy atom. The van der Waals surface area contributed by atoms with Gasteiger partial charge in [0.2, 0.25) is 0 Å². The molecule has 0 fully saturated rings. The van der Waals surface area contributed by atoms with Crippen molar-refractivity contribution < 1.29 is 18.9 Å².